The molecule has 0 aliphatic rings. The van der Waals surface area contributed by atoms with Gasteiger partial charge in [0.05, 0.1) is 18.7 Å². The molecule has 34 heavy (non-hydrogen) atoms. The van der Waals surface area contributed by atoms with E-state index in [-0.39, 0.29) is 24.5 Å². The van der Waals surface area contributed by atoms with E-state index in [1.54, 1.807) is 48.5 Å². The molecule has 0 bridgehead atoms. The minimum absolute atomic E-state index is 0.120. The number of anilines is 4. The van der Waals surface area contributed by atoms with E-state index in [0.717, 1.165) is 12.1 Å². The van der Waals surface area contributed by atoms with E-state index in [2.05, 4.69) is 21.3 Å². The first-order chi connectivity index (χ1) is 16.1. The summed E-state index contributed by atoms with van der Waals surface area (Å²) >= 11 is 11.8. The summed E-state index contributed by atoms with van der Waals surface area (Å²) in [5.41, 5.74) is -0.110. The van der Waals surface area contributed by atoms with Gasteiger partial charge in [0.2, 0.25) is 11.8 Å². The molecule has 0 saturated heterocycles. The smallest absolute Gasteiger partial charge is 0.376 e. The number of alkyl halides is 3. The number of rotatable bonds is 8. The number of hydrogen-bond donors (Lipinski definition) is 4. The largest absolute Gasteiger partial charge is 0.416 e. The summed E-state index contributed by atoms with van der Waals surface area (Å²) in [4.78, 5) is 24.5. The normalized spacial score (nSPS) is 11.0. The summed E-state index contributed by atoms with van der Waals surface area (Å²) in [7, 11) is 0. The standard InChI is InChI=1S/C23H19Cl2F3N4O2/c24-15-3-1-5-17(9-15)29-12-21(33)31-19-7-14(23(26,27)28)8-20(11-19)32-22(34)13-30-18-6-2-4-16(25)10-18/h1-11,29-30H,12-13H2,(H,31,33)(H,32,34). The maximum atomic E-state index is 13.4. The molecule has 0 aliphatic carbocycles. The van der Waals surface area contributed by atoms with Crippen molar-refractivity contribution in [3.63, 3.8) is 0 Å². The summed E-state index contributed by atoms with van der Waals surface area (Å²) in [6, 6.07) is 16.1. The predicted molar refractivity (Wildman–Crippen MR) is 129 cm³/mol. The van der Waals surface area contributed by atoms with Crippen LogP contribution in [0.5, 0.6) is 0 Å². The van der Waals surface area contributed by atoms with Crippen LogP contribution in [0.4, 0.5) is 35.9 Å². The fraction of sp³-hybridized carbons (Fsp3) is 0.130. The molecule has 0 aromatic heterocycles. The van der Waals surface area contributed by atoms with Crippen molar-refractivity contribution in [2.45, 2.75) is 6.18 Å². The van der Waals surface area contributed by atoms with E-state index in [1.165, 1.54) is 6.07 Å². The Hall–Kier alpha value is -3.43. The van der Waals surface area contributed by atoms with E-state index >= 15 is 0 Å². The number of halogens is 5. The average Bonchev–Trinajstić information content (AvgIpc) is 2.76. The SMILES string of the molecule is O=C(CNc1cccc(Cl)c1)Nc1cc(NC(=O)CNc2cccc(Cl)c2)cc(C(F)(F)F)c1. The highest BCUT2D eigenvalue weighted by atomic mass is 35.5. The lowest BCUT2D eigenvalue weighted by atomic mass is 10.1. The topological polar surface area (TPSA) is 82.3 Å². The van der Waals surface area contributed by atoms with Crippen molar-refractivity contribution in [2.75, 3.05) is 34.4 Å². The zero-order valence-electron chi connectivity index (χ0n) is 17.5. The fourth-order valence-electron chi connectivity index (χ4n) is 2.91. The van der Waals surface area contributed by atoms with Crippen molar-refractivity contribution >= 4 is 57.8 Å². The lowest BCUT2D eigenvalue weighted by Crippen LogP contribution is -2.23. The Morgan fingerprint density at radius 2 is 1.12 bits per heavy atom. The highest BCUT2D eigenvalue weighted by molar-refractivity contribution is 6.31. The zero-order chi connectivity index (χ0) is 24.7. The highest BCUT2D eigenvalue weighted by Gasteiger charge is 2.31. The lowest BCUT2D eigenvalue weighted by Gasteiger charge is -2.15. The second-order valence-corrected chi connectivity index (χ2v) is 7.99. The molecule has 3 rings (SSSR count). The van der Waals surface area contributed by atoms with Gasteiger partial charge >= 0.3 is 6.18 Å². The van der Waals surface area contributed by atoms with E-state index in [1.807, 2.05) is 0 Å². The second-order valence-electron chi connectivity index (χ2n) is 7.12. The summed E-state index contributed by atoms with van der Waals surface area (Å²) < 4.78 is 40.1. The summed E-state index contributed by atoms with van der Waals surface area (Å²) in [6.45, 7) is -0.413. The van der Waals surface area contributed by atoms with Gasteiger partial charge in [0.25, 0.3) is 0 Å². The Balaban J connectivity index is 1.66. The van der Waals surface area contributed by atoms with Gasteiger partial charge in [-0.1, -0.05) is 35.3 Å². The van der Waals surface area contributed by atoms with Crippen LogP contribution in [0.25, 0.3) is 0 Å². The van der Waals surface area contributed by atoms with Crippen molar-refractivity contribution in [3.8, 4) is 0 Å². The van der Waals surface area contributed by atoms with Crippen molar-refractivity contribution in [3.05, 3.63) is 82.3 Å². The molecule has 0 fully saturated rings. The van der Waals surface area contributed by atoms with E-state index < -0.39 is 23.6 Å². The van der Waals surface area contributed by atoms with Crippen LogP contribution in [0.2, 0.25) is 10.0 Å². The number of nitrogens with one attached hydrogen (secondary N) is 4. The maximum absolute atomic E-state index is 13.4. The Labute approximate surface area is 203 Å². The average molecular weight is 511 g/mol. The first-order valence-corrected chi connectivity index (χ1v) is 10.6. The molecule has 2 amide bonds. The predicted octanol–water partition coefficient (Wildman–Crippen LogP) is 6.11. The van der Waals surface area contributed by atoms with Crippen molar-refractivity contribution in [1.82, 2.24) is 0 Å². The van der Waals surface area contributed by atoms with Crippen molar-refractivity contribution in [1.29, 1.82) is 0 Å². The molecule has 4 N–H and O–H groups in total. The van der Waals surface area contributed by atoms with Crippen molar-refractivity contribution in [2.24, 2.45) is 0 Å². The van der Waals surface area contributed by atoms with Gasteiger partial charge in [-0.15, -0.1) is 0 Å². The molecule has 0 spiro atoms. The molecule has 3 aromatic rings. The third-order valence-corrected chi connectivity index (χ3v) is 4.85. The number of amides is 2. The Bertz CT molecular complexity index is 1110. The van der Waals surface area contributed by atoms with Crippen LogP contribution in [-0.2, 0) is 15.8 Å². The van der Waals surface area contributed by atoms with E-state index in [4.69, 9.17) is 23.2 Å². The first kappa shape index (κ1) is 25.2. The third-order valence-electron chi connectivity index (χ3n) is 4.38. The number of carbonyl (C=O) groups is 2. The molecule has 6 nitrogen and oxygen atoms in total. The maximum Gasteiger partial charge on any atom is 0.416 e. The van der Waals surface area contributed by atoms with Crippen LogP contribution in [0.3, 0.4) is 0 Å². The molecular formula is C23H19Cl2F3N4O2. The van der Waals surface area contributed by atoms with E-state index in [9.17, 15) is 22.8 Å². The second kappa shape index (κ2) is 11.1. The Morgan fingerprint density at radius 1 is 0.676 bits per heavy atom. The highest BCUT2D eigenvalue weighted by Crippen LogP contribution is 2.33. The summed E-state index contributed by atoms with van der Waals surface area (Å²) in [5, 5.41) is 11.4. The van der Waals surface area contributed by atoms with Gasteiger partial charge in [0.15, 0.2) is 0 Å². The third kappa shape index (κ3) is 7.86. The molecule has 0 aliphatic heterocycles. The molecule has 178 valence electrons. The molecule has 11 heteroatoms. The van der Waals surface area contributed by atoms with Gasteiger partial charge in [-0.2, -0.15) is 13.2 Å². The number of carbonyl (C=O) groups excluding carboxylic acids is 2. The van der Waals surface area contributed by atoms with Gasteiger partial charge in [-0.3, -0.25) is 9.59 Å². The summed E-state index contributed by atoms with van der Waals surface area (Å²) in [5.74, 6) is -1.17. The monoisotopic (exact) mass is 510 g/mol. The molecular weight excluding hydrogens is 492 g/mol. The van der Waals surface area contributed by atoms with Gasteiger partial charge in [-0.05, 0) is 54.6 Å². The van der Waals surface area contributed by atoms with Gasteiger partial charge in [0.1, 0.15) is 0 Å². The van der Waals surface area contributed by atoms with Gasteiger partial charge < -0.3 is 21.3 Å². The van der Waals surface area contributed by atoms with Crippen LogP contribution in [0.15, 0.2) is 66.7 Å². The van der Waals surface area contributed by atoms with Crippen LogP contribution >= 0.6 is 23.2 Å². The minimum atomic E-state index is -4.68. The zero-order valence-corrected chi connectivity index (χ0v) is 19.0. The minimum Gasteiger partial charge on any atom is -0.376 e. The Morgan fingerprint density at radius 3 is 1.50 bits per heavy atom. The van der Waals surface area contributed by atoms with Gasteiger partial charge in [0, 0.05) is 32.8 Å². The lowest BCUT2D eigenvalue weighted by molar-refractivity contribution is -0.137. The molecule has 0 heterocycles. The van der Waals surface area contributed by atoms with Gasteiger partial charge in [-0.25, -0.2) is 0 Å². The quantitative estimate of drug-likeness (QED) is 0.294. The number of hydrogen-bond acceptors (Lipinski definition) is 4. The molecule has 0 saturated carbocycles. The fourth-order valence-corrected chi connectivity index (χ4v) is 3.29. The van der Waals surface area contributed by atoms with Crippen LogP contribution in [0, 0.1) is 0 Å². The Kier molecular flexibility index (Phi) is 8.25. The molecule has 0 atom stereocenters. The molecule has 0 radical (unpaired) electrons. The summed E-state index contributed by atoms with van der Waals surface area (Å²) in [6.07, 6.45) is -4.68. The van der Waals surface area contributed by atoms with E-state index in [0.29, 0.717) is 21.4 Å². The molecule has 3 aromatic carbocycles. The van der Waals surface area contributed by atoms with Crippen molar-refractivity contribution < 1.29 is 22.8 Å². The first-order valence-electron chi connectivity index (χ1n) is 9.89. The molecule has 0 unspecified atom stereocenters. The van der Waals surface area contributed by atoms with Crippen LogP contribution in [-0.4, -0.2) is 24.9 Å². The number of benzene rings is 3. The van der Waals surface area contributed by atoms with Crippen LogP contribution < -0.4 is 21.3 Å². The van der Waals surface area contributed by atoms with Crippen LogP contribution in [0.1, 0.15) is 5.56 Å².